The second-order valence-electron chi connectivity index (χ2n) is 5.84. The lowest BCUT2D eigenvalue weighted by Crippen LogP contribution is -2.53. The molecule has 0 saturated carbocycles. The predicted molar refractivity (Wildman–Crippen MR) is 82.8 cm³/mol. The molecule has 2 saturated heterocycles. The first kappa shape index (κ1) is 15.0. The Morgan fingerprint density at radius 1 is 1.09 bits per heavy atom. The van der Waals surface area contributed by atoms with Gasteiger partial charge >= 0.3 is 5.97 Å². The summed E-state index contributed by atoms with van der Waals surface area (Å²) in [6, 6.07) is 9.70. The van der Waals surface area contributed by atoms with Crippen LogP contribution in [0.1, 0.15) is 6.42 Å². The lowest BCUT2D eigenvalue weighted by molar-refractivity contribution is -0.139. The minimum Gasteiger partial charge on any atom is -0.480 e. The van der Waals surface area contributed by atoms with Gasteiger partial charge in [0.2, 0.25) is 5.91 Å². The number of hydrogen-bond acceptors (Lipinski definition) is 4. The zero-order valence-electron chi connectivity index (χ0n) is 12.5. The van der Waals surface area contributed by atoms with Crippen LogP contribution in [-0.2, 0) is 9.59 Å². The summed E-state index contributed by atoms with van der Waals surface area (Å²) in [6.45, 7) is 3.77. The number of hydrogen-bond donors (Lipinski definition) is 1. The van der Waals surface area contributed by atoms with Crippen molar-refractivity contribution in [3.63, 3.8) is 0 Å². The third kappa shape index (κ3) is 3.13. The minimum absolute atomic E-state index is 0.0628. The average Bonchev–Trinajstić information content (AvgIpc) is 2.90. The Morgan fingerprint density at radius 2 is 1.77 bits per heavy atom. The Morgan fingerprint density at radius 3 is 2.41 bits per heavy atom. The number of anilines is 1. The van der Waals surface area contributed by atoms with E-state index in [1.165, 1.54) is 0 Å². The maximum Gasteiger partial charge on any atom is 0.317 e. The van der Waals surface area contributed by atoms with E-state index in [0.29, 0.717) is 13.1 Å². The molecule has 2 aliphatic heterocycles. The number of carboxylic acid groups (broad SMARTS) is 1. The quantitative estimate of drug-likeness (QED) is 0.877. The highest BCUT2D eigenvalue weighted by Gasteiger charge is 2.37. The number of piperazine rings is 1. The number of nitrogens with zero attached hydrogens (tertiary/aromatic N) is 3. The van der Waals surface area contributed by atoms with Crippen molar-refractivity contribution in [1.29, 1.82) is 0 Å². The molecule has 1 N–H and O–H groups in total. The molecule has 3 rings (SSSR count). The van der Waals surface area contributed by atoms with Gasteiger partial charge in [-0.1, -0.05) is 18.2 Å². The lowest BCUT2D eigenvalue weighted by atomic mass is 10.2. The molecule has 1 aromatic carbocycles. The van der Waals surface area contributed by atoms with E-state index in [1.807, 2.05) is 40.1 Å². The van der Waals surface area contributed by atoms with E-state index >= 15 is 0 Å². The molecular weight excluding hydrogens is 282 g/mol. The molecule has 22 heavy (non-hydrogen) atoms. The number of para-hydroxylation sites is 1. The lowest BCUT2D eigenvalue weighted by Gasteiger charge is -2.36. The first-order valence-corrected chi connectivity index (χ1v) is 7.70. The zero-order chi connectivity index (χ0) is 15.5. The number of rotatable bonds is 4. The van der Waals surface area contributed by atoms with Crippen molar-refractivity contribution in [2.75, 3.05) is 44.2 Å². The van der Waals surface area contributed by atoms with Gasteiger partial charge in [-0.25, -0.2) is 0 Å². The maximum atomic E-state index is 12.6. The molecule has 0 spiro atoms. The van der Waals surface area contributed by atoms with Crippen LogP contribution in [0, 0.1) is 0 Å². The molecule has 6 nitrogen and oxygen atoms in total. The van der Waals surface area contributed by atoms with Crippen LogP contribution in [-0.4, -0.2) is 72.1 Å². The molecule has 6 heteroatoms. The SMILES string of the molecule is O=C(O)CN1CCN([C@@H]2CCN(c3ccccc3)C2=O)CC1. The molecule has 0 bridgehead atoms. The summed E-state index contributed by atoms with van der Waals surface area (Å²) in [4.78, 5) is 29.4. The van der Waals surface area contributed by atoms with Crippen molar-refractivity contribution in [2.45, 2.75) is 12.5 Å². The molecule has 1 amide bonds. The molecule has 0 unspecified atom stereocenters. The summed E-state index contributed by atoms with van der Waals surface area (Å²) < 4.78 is 0. The molecule has 2 aliphatic rings. The topological polar surface area (TPSA) is 64.1 Å². The molecule has 2 fully saturated rings. The van der Waals surface area contributed by atoms with Gasteiger partial charge < -0.3 is 10.0 Å². The van der Waals surface area contributed by atoms with Crippen molar-refractivity contribution >= 4 is 17.6 Å². The van der Waals surface area contributed by atoms with Crippen molar-refractivity contribution < 1.29 is 14.7 Å². The summed E-state index contributed by atoms with van der Waals surface area (Å²) in [7, 11) is 0. The van der Waals surface area contributed by atoms with Crippen molar-refractivity contribution in [1.82, 2.24) is 9.80 Å². The molecular formula is C16H21N3O3. The van der Waals surface area contributed by atoms with E-state index < -0.39 is 5.97 Å². The van der Waals surface area contributed by atoms with Crippen molar-refractivity contribution in [3.05, 3.63) is 30.3 Å². The Kier molecular flexibility index (Phi) is 4.40. The van der Waals surface area contributed by atoms with Crippen LogP contribution in [0.2, 0.25) is 0 Å². The summed E-state index contributed by atoms with van der Waals surface area (Å²) in [6.07, 6.45) is 0.840. The fraction of sp³-hybridized carbons (Fsp3) is 0.500. The fourth-order valence-electron chi connectivity index (χ4n) is 3.29. The van der Waals surface area contributed by atoms with Crippen LogP contribution in [0.3, 0.4) is 0 Å². The van der Waals surface area contributed by atoms with Gasteiger partial charge in [-0.15, -0.1) is 0 Å². The van der Waals surface area contributed by atoms with Gasteiger partial charge in [0.15, 0.2) is 0 Å². The molecule has 0 radical (unpaired) electrons. The predicted octanol–water partition coefficient (Wildman–Crippen LogP) is 0.494. The van der Waals surface area contributed by atoms with Gasteiger partial charge in [0, 0.05) is 38.4 Å². The van der Waals surface area contributed by atoms with Gasteiger partial charge in [0.05, 0.1) is 12.6 Å². The van der Waals surface area contributed by atoms with Crippen LogP contribution >= 0.6 is 0 Å². The number of carboxylic acids is 1. The smallest absolute Gasteiger partial charge is 0.317 e. The van der Waals surface area contributed by atoms with Gasteiger partial charge in [-0.3, -0.25) is 19.4 Å². The molecule has 1 aromatic rings. The van der Waals surface area contributed by atoms with E-state index in [1.54, 1.807) is 0 Å². The highest BCUT2D eigenvalue weighted by Crippen LogP contribution is 2.24. The van der Waals surface area contributed by atoms with E-state index in [2.05, 4.69) is 4.90 Å². The molecule has 1 atom stereocenters. The van der Waals surface area contributed by atoms with Gasteiger partial charge in [-0.05, 0) is 18.6 Å². The summed E-state index contributed by atoms with van der Waals surface area (Å²) in [5.41, 5.74) is 0.958. The minimum atomic E-state index is -0.791. The number of aliphatic carboxylic acids is 1. The first-order valence-electron chi connectivity index (χ1n) is 7.70. The Bertz CT molecular complexity index is 541. The Hall–Kier alpha value is -1.92. The third-order valence-electron chi connectivity index (χ3n) is 4.45. The number of carbonyl (C=O) groups is 2. The van der Waals surface area contributed by atoms with E-state index in [0.717, 1.165) is 31.7 Å². The van der Waals surface area contributed by atoms with Crippen LogP contribution in [0.15, 0.2) is 30.3 Å². The van der Waals surface area contributed by atoms with E-state index in [9.17, 15) is 9.59 Å². The monoisotopic (exact) mass is 303 g/mol. The number of carbonyl (C=O) groups excluding carboxylic acids is 1. The highest BCUT2D eigenvalue weighted by molar-refractivity contribution is 5.99. The highest BCUT2D eigenvalue weighted by atomic mass is 16.4. The van der Waals surface area contributed by atoms with Crippen LogP contribution in [0.25, 0.3) is 0 Å². The summed E-state index contributed by atoms with van der Waals surface area (Å²) >= 11 is 0. The van der Waals surface area contributed by atoms with E-state index in [4.69, 9.17) is 5.11 Å². The molecule has 0 aliphatic carbocycles. The molecule has 118 valence electrons. The third-order valence-corrected chi connectivity index (χ3v) is 4.45. The Labute approximate surface area is 129 Å². The van der Waals surface area contributed by atoms with Crippen LogP contribution in [0.5, 0.6) is 0 Å². The second-order valence-corrected chi connectivity index (χ2v) is 5.84. The fourth-order valence-corrected chi connectivity index (χ4v) is 3.29. The summed E-state index contributed by atoms with van der Waals surface area (Å²) in [5.74, 6) is -0.626. The first-order chi connectivity index (χ1) is 10.6. The number of amides is 1. The van der Waals surface area contributed by atoms with E-state index in [-0.39, 0.29) is 18.5 Å². The second kappa shape index (κ2) is 6.46. The zero-order valence-corrected chi connectivity index (χ0v) is 12.5. The normalized spacial score (nSPS) is 23.9. The standard InChI is InChI=1S/C16H21N3O3/c20-15(21)12-17-8-10-18(11-9-17)14-6-7-19(16(14)22)13-4-2-1-3-5-13/h1-5,14H,6-12H2,(H,20,21)/t14-/m1/s1. The van der Waals surface area contributed by atoms with Crippen molar-refractivity contribution in [3.8, 4) is 0 Å². The Balaban J connectivity index is 1.59. The van der Waals surface area contributed by atoms with Gasteiger partial charge in [-0.2, -0.15) is 0 Å². The largest absolute Gasteiger partial charge is 0.480 e. The van der Waals surface area contributed by atoms with Gasteiger partial charge in [0.1, 0.15) is 0 Å². The average molecular weight is 303 g/mol. The molecule has 0 aromatic heterocycles. The number of benzene rings is 1. The summed E-state index contributed by atoms with van der Waals surface area (Å²) in [5, 5.41) is 8.83. The van der Waals surface area contributed by atoms with Crippen LogP contribution in [0.4, 0.5) is 5.69 Å². The van der Waals surface area contributed by atoms with Crippen LogP contribution < -0.4 is 4.90 Å². The van der Waals surface area contributed by atoms with Crippen molar-refractivity contribution in [2.24, 2.45) is 0 Å². The van der Waals surface area contributed by atoms with Gasteiger partial charge in [0.25, 0.3) is 0 Å². The molecule has 2 heterocycles. The maximum absolute atomic E-state index is 12.6.